The minimum absolute atomic E-state index is 0.407. The van der Waals surface area contributed by atoms with E-state index in [9.17, 15) is 0 Å². The molecule has 0 bridgehead atoms. The lowest BCUT2D eigenvalue weighted by Gasteiger charge is -2.34. The minimum atomic E-state index is 0.407. The Labute approximate surface area is 128 Å². The van der Waals surface area contributed by atoms with E-state index in [0.29, 0.717) is 12.1 Å². The fourth-order valence-electron chi connectivity index (χ4n) is 2.98. The molecule has 1 aromatic carbocycles. The minimum Gasteiger partial charge on any atom is -0.383 e. The zero-order valence-electron chi connectivity index (χ0n) is 13.5. The number of ether oxygens (including phenoxy) is 2. The van der Waals surface area contributed by atoms with Crippen LogP contribution < -0.4 is 5.32 Å². The molecule has 1 aliphatic heterocycles. The number of rotatable bonds is 8. The van der Waals surface area contributed by atoms with E-state index < -0.39 is 0 Å². The summed E-state index contributed by atoms with van der Waals surface area (Å²) in [5.41, 5.74) is 2.91. The molecule has 2 rings (SSSR count). The van der Waals surface area contributed by atoms with Gasteiger partial charge >= 0.3 is 0 Å². The van der Waals surface area contributed by atoms with Crippen LogP contribution in [0.4, 0.5) is 0 Å². The first-order chi connectivity index (χ1) is 10.2. The van der Waals surface area contributed by atoms with Crippen LogP contribution in [0.5, 0.6) is 0 Å². The summed E-state index contributed by atoms with van der Waals surface area (Å²) >= 11 is 0. The highest BCUT2D eigenvalue weighted by Gasteiger charge is 2.22. The van der Waals surface area contributed by atoms with Crippen molar-refractivity contribution < 1.29 is 9.47 Å². The molecule has 0 amide bonds. The summed E-state index contributed by atoms with van der Waals surface area (Å²) in [6, 6.07) is 9.63. The molecule has 0 radical (unpaired) electrons. The van der Waals surface area contributed by atoms with Crippen LogP contribution in [-0.4, -0.2) is 57.5 Å². The van der Waals surface area contributed by atoms with Crippen molar-refractivity contribution in [2.24, 2.45) is 0 Å². The number of nitrogens with one attached hydrogen (secondary N) is 1. The Hall–Kier alpha value is -0.940. The molecule has 2 unspecified atom stereocenters. The van der Waals surface area contributed by atoms with Gasteiger partial charge in [-0.05, 0) is 24.5 Å². The highest BCUT2D eigenvalue weighted by Crippen LogP contribution is 2.17. The third-order valence-corrected chi connectivity index (χ3v) is 4.23. The summed E-state index contributed by atoms with van der Waals surface area (Å²) in [5.74, 6) is 0. The topological polar surface area (TPSA) is 33.7 Å². The molecule has 0 saturated heterocycles. The second kappa shape index (κ2) is 8.49. The number of hydrogen-bond donors (Lipinski definition) is 1. The lowest BCUT2D eigenvalue weighted by atomic mass is 9.95. The van der Waals surface area contributed by atoms with Gasteiger partial charge in [-0.3, -0.25) is 4.90 Å². The molecule has 1 heterocycles. The predicted octanol–water partition coefficient (Wildman–Crippen LogP) is 1.68. The molecule has 2 atom stereocenters. The third kappa shape index (κ3) is 4.78. The summed E-state index contributed by atoms with van der Waals surface area (Å²) in [7, 11) is 3.52. The fourth-order valence-corrected chi connectivity index (χ4v) is 2.98. The van der Waals surface area contributed by atoms with Gasteiger partial charge in [-0.25, -0.2) is 0 Å². The lowest BCUT2D eigenvalue weighted by molar-refractivity contribution is 0.0680. The van der Waals surface area contributed by atoms with Crippen LogP contribution in [0, 0.1) is 0 Å². The summed E-state index contributed by atoms with van der Waals surface area (Å²) in [4.78, 5) is 2.46. The molecule has 0 aliphatic carbocycles. The molecular weight excluding hydrogens is 264 g/mol. The van der Waals surface area contributed by atoms with Crippen LogP contribution in [0.1, 0.15) is 18.1 Å². The number of hydrogen-bond acceptors (Lipinski definition) is 4. The van der Waals surface area contributed by atoms with Crippen LogP contribution in [0.3, 0.4) is 0 Å². The van der Waals surface area contributed by atoms with Crippen molar-refractivity contribution in [3.05, 3.63) is 35.4 Å². The van der Waals surface area contributed by atoms with Gasteiger partial charge in [-0.1, -0.05) is 24.3 Å². The lowest BCUT2D eigenvalue weighted by Crippen LogP contribution is -2.49. The Kier molecular flexibility index (Phi) is 6.64. The molecule has 0 fully saturated rings. The zero-order valence-corrected chi connectivity index (χ0v) is 13.5. The van der Waals surface area contributed by atoms with Gasteiger partial charge in [0.05, 0.1) is 13.2 Å². The molecule has 1 aliphatic rings. The highest BCUT2D eigenvalue weighted by atomic mass is 16.5. The van der Waals surface area contributed by atoms with E-state index in [1.54, 1.807) is 14.2 Å². The molecule has 0 spiro atoms. The van der Waals surface area contributed by atoms with Crippen molar-refractivity contribution in [2.45, 2.75) is 32.0 Å². The van der Waals surface area contributed by atoms with Crippen LogP contribution >= 0.6 is 0 Å². The first-order valence-electron chi connectivity index (χ1n) is 7.76. The van der Waals surface area contributed by atoms with E-state index in [1.807, 2.05) is 0 Å². The van der Waals surface area contributed by atoms with E-state index in [-0.39, 0.29) is 0 Å². The first kappa shape index (κ1) is 16.4. The largest absolute Gasteiger partial charge is 0.383 e. The van der Waals surface area contributed by atoms with Gasteiger partial charge in [-0.15, -0.1) is 0 Å². The molecule has 0 saturated carbocycles. The van der Waals surface area contributed by atoms with E-state index in [0.717, 1.165) is 39.3 Å². The second-order valence-electron chi connectivity index (χ2n) is 5.84. The Morgan fingerprint density at radius 3 is 2.71 bits per heavy atom. The van der Waals surface area contributed by atoms with Gasteiger partial charge in [0.25, 0.3) is 0 Å². The molecule has 4 heteroatoms. The summed E-state index contributed by atoms with van der Waals surface area (Å²) in [5, 5.41) is 3.66. The number of nitrogens with zero attached hydrogens (tertiary/aromatic N) is 1. The SMILES string of the molecule is COCCN(CC1Cc2ccccc2CN1)C(C)COC. The van der Waals surface area contributed by atoms with Crippen molar-refractivity contribution >= 4 is 0 Å². The highest BCUT2D eigenvalue weighted by molar-refractivity contribution is 5.29. The number of methoxy groups -OCH3 is 2. The average molecular weight is 292 g/mol. The molecular formula is C17H28N2O2. The third-order valence-electron chi connectivity index (χ3n) is 4.23. The Balaban J connectivity index is 1.94. The Morgan fingerprint density at radius 1 is 1.24 bits per heavy atom. The van der Waals surface area contributed by atoms with Crippen LogP contribution in [-0.2, 0) is 22.4 Å². The van der Waals surface area contributed by atoms with E-state index in [2.05, 4.69) is 41.4 Å². The molecule has 21 heavy (non-hydrogen) atoms. The molecule has 1 N–H and O–H groups in total. The van der Waals surface area contributed by atoms with E-state index in [4.69, 9.17) is 9.47 Å². The number of benzene rings is 1. The first-order valence-corrected chi connectivity index (χ1v) is 7.76. The van der Waals surface area contributed by atoms with Gasteiger partial charge < -0.3 is 14.8 Å². The standard InChI is InChI=1S/C17H28N2O2/c1-14(13-21-3)19(8-9-20-2)12-17-10-15-6-4-5-7-16(15)11-18-17/h4-7,14,17-18H,8-13H2,1-3H3. The maximum absolute atomic E-state index is 5.31. The maximum Gasteiger partial charge on any atom is 0.0615 e. The van der Waals surface area contributed by atoms with Crippen molar-refractivity contribution in [3.63, 3.8) is 0 Å². The molecule has 4 nitrogen and oxygen atoms in total. The summed E-state index contributed by atoms with van der Waals surface area (Å²) < 4.78 is 10.6. The van der Waals surface area contributed by atoms with Gasteiger partial charge in [-0.2, -0.15) is 0 Å². The summed E-state index contributed by atoms with van der Waals surface area (Å²) in [6.45, 7) is 6.68. The normalized spacial score (nSPS) is 19.5. The van der Waals surface area contributed by atoms with Crippen LogP contribution in [0.2, 0.25) is 0 Å². The van der Waals surface area contributed by atoms with Crippen LogP contribution in [0.25, 0.3) is 0 Å². The van der Waals surface area contributed by atoms with Crippen LogP contribution in [0.15, 0.2) is 24.3 Å². The smallest absolute Gasteiger partial charge is 0.0615 e. The van der Waals surface area contributed by atoms with Crippen molar-refractivity contribution in [1.82, 2.24) is 10.2 Å². The van der Waals surface area contributed by atoms with Crippen molar-refractivity contribution in [1.29, 1.82) is 0 Å². The van der Waals surface area contributed by atoms with Crippen molar-refractivity contribution in [2.75, 3.05) is 40.5 Å². The van der Waals surface area contributed by atoms with Gasteiger partial charge in [0.15, 0.2) is 0 Å². The average Bonchev–Trinajstić information content (AvgIpc) is 2.51. The Morgan fingerprint density at radius 2 is 2.00 bits per heavy atom. The predicted molar refractivity (Wildman–Crippen MR) is 85.6 cm³/mol. The van der Waals surface area contributed by atoms with Gasteiger partial charge in [0.2, 0.25) is 0 Å². The van der Waals surface area contributed by atoms with E-state index in [1.165, 1.54) is 11.1 Å². The summed E-state index contributed by atoms with van der Waals surface area (Å²) in [6.07, 6.45) is 1.10. The van der Waals surface area contributed by atoms with Gasteiger partial charge in [0, 0.05) is 45.9 Å². The molecule has 0 aromatic heterocycles. The van der Waals surface area contributed by atoms with Gasteiger partial charge in [0.1, 0.15) is 0 Å². The second-order valence-corrected chi connectivity index (χ2v) is 5.84. The fraction of sp³-hybridized carbons (Fsp3) is 0.647. The zero-order chi connectivity index (χ0) is 15.1. The molecule has 118 valence electrons. The molecule has 1 aromatic rings. The van der Waals surface area contributed by atoms with Crippen molar-refractivity contribution in [3.8, 4) is 0 Å². The van der Waals surface area contributed by atoms with E-state index >= 15 is 0 Å². The maximum atomic E-state index is 5.31. The monoisotopic (exact) mass is 292 g/mol. The quantitative estimate of drug-likeness (QED) is 0.790. The Bertz CT molecular complexity index is 425. The number of fused-ring (bicyclic) bond motifs is 1.